The van der Waals surface area contributed by atoms with E-state index in [-0.39, 0.29) is 66.9 Å². The summed E-state index contributed by atoms with van der Waals surface area (Å²) in [5, 5.41) is 0. The van der Waals surface area contributed by atoms with Gasteiger partial charge in [0.15, 0.2) is 0 Å². The van der Waals surface area contributed by atoms with Crippen LogP contribution in [0.3, 0.4) is 0 Å². The summed E-state index contributed by atoms with van der Waals surface area (Å²) >= 11 is 0. The molecule has 0 spiro atoms. The minimum absolute atomic E-state index is 0. The molecule has 162 valence electrons. The number of hydrogen-bond donors (Lipinski definition) is 1. The van der Waals surface area contributed by atoms with Crippen molar-refractivity contribution in [3.63, 3.8) is 0 Å². The normalized spacial score (nSPS) is 11.2. The Kier molecular flexibility index (Phi) is 11.2. The number of benzene rings is 4. The average Bonchev–Trinajstić information content (AvgIpc) is 2.82. The van der Waals surface area contributed by atoms with Crippen molar-refractivity contribution in [2.45, 2.75) is 4.90 Å². The van der Waals surface area contributed by atoms with Gasteiger partial charge in [-0.25, -0.2) is 0 Å². The van der Waals surface area contributed by atoms with Crippen LogP contribution >= 0.6 is 0 Å². The van der Waals surface area contributed by atoms with E-state index >= 15 is 0 Å². The van der Waals surface area contributed by atoms with E-state index in [1.807, 2.05) is 115 Å². The van der Waals surface area contributed by atoms with Gasteiger partial charge in [0, 0.05) is 11.1 Å². The van der Waals surface area contributed by atoms with Gasteiger partial charge < -0.3 is 2.85 Å². The predicted octanol–water partition coefficient (Wildman–Crippen LogP) is 1.17. The van der Waals surface area contributed by atoms with Gasteiger partial charge >= 0.3 is 59.1 Å². The van der Waals surface area contributed by atoms with Gasteiger partial charge in [-0.05, 0) is 22.3 Å². The molecule has 0 saturated heterocycles. The van der Waals surface area contributed by atoms with Crippen LogP contribution in [0.5, 0.6) is 0 Å². The van der Waals surface area contributed by atoms with Crippen molar-refractivity contribution < 1.29 is 74.9 Å². The smallest absolute Gasteiger partial charge is 1.00 e. The molecule has 0 bridgehead atoms. The van der Waals surface area contributed by atoms with Gasteiger partial charge in [0.1, 0.15) is 4.90 Å². The van der Waals surface area contributed by atoms with Gasteiger partial charge in [-0.2, -0.15) is 8.42 Å². The Balaban J connectivity index is 0.00000306. The second-order valence-electron chi connectivity index (χ2n) is 7.27. The molecule has 0 atom stereocenters. The summed E-state index contributed by atoms with van der Waals surface area (Å²) in [5.74, 6) is 0. The number of hydrogen-bond acceptors (Lipinski definition) is 2. The van der Waals surface area contributed by atoms with Crippen LogP contribution in [-0.2, 0) is 10.1 Å². The Labute approximate surface area is 248 Å². The zero-order valence-electron chi connectivity index (χ0n) is 21.3. The molecule has 0 saturated carbocycles. The molecule has 4 aromatic carbocycles. The zero-order chi connectivity index (χ0) is 22.4. The summed E-state index contributed by atoms with van der Waals surface area (Å²) in [4.78, 5) is -0.105. The quantitative estimate of drug-likeness (QED) is 0.253. The fourth-order valence-corrected chi connectivity index (χ4v) is 4.48. The van der Waals surface area contributed by atoms with Crippen molar-refractivity contribution >= 4 is 34.4 Å². The molecule has 0 heterocycles. The first-order valence-corrected chi connectivity index (χ1v) is 11.6. The summed E-state index contributed by atoms with van der Waals surface area (Å²) < 4.78 is 35.4. The Hall–Kier alpha value is -1.73. The fraction of sp³-hybridized carbons (Fsp3) is 0. The summed E-state index contributed by atoms with van der Waals surface area (Å²) in [7, 11) is -4.51. The van der Waals surface area contributed by atoms with E-state index in [4.69, 9.17) is 0 Å². The van der Waals surface area contributed by atoms with Gasteiger partial charge in [-0.1, -0.05) is 127 Å². The van der Waals surface area contributed by atoms with E-state index in [2.05, 4.69) is 0 Å². The van der Waals surface area contributed by atoms with Crippen molar-refractivity contribution in [3.05, 3.63) is 125 Å². The van der Waals surface area contributed by atoms with Crippen molar-refractivity contribution in [2.24, 2.45) is 0 Å². The van der Waals surface area contributed by atoms with Crippen LogP contribution in [0.25, 0.3) is 35.4 Å². The van der Waals surface area contributed by atoms with E-state index in [0.29, 0.717) is 22.3 Å². The first-order valence-electron chi connectivity index (χ1n) is 10.2. The topological polar surface area (TPSA) is 54.4 Å². The first kappa shape index (κ1) is 28.5. The van der Waals surface area contributed by atoms with Crippen molar-refractivity contribution in [3.8, 4) is 11.1 Å². The van der Waals surface area contributed by atoms with Gasteiger partial charge in [0.2, 0.25) is 0 Å². The maximum atomic E-state index is 12.6. The fourth-order valence-electron chi connectivity index (χ4n) is 3.55. The molecule has 6 heteroatoms. The molecule has 0 aliphatic carbocycles. The van der Waals surface area contributed by atoms with E-state index < -0.39 is 10.1 Å². The maximum Gasteiger partial charge on any atom is 1.00 e. The van der Waals surface area contributed by atoms with Crippen LogP contribution in [0.2, 0.25) is 0 Å². The van der Waals surface area contributed by atoms with Crippen LogP contribution in [0.4, 0.5) is 0 Å². The second kappa shape index (κ2) is 13.4. The van der Waals surface area contributed by atoms with Crippen LogP contribution in [0.15, 0.2) is 108 Å². The van der Waals surface area contributed by atoms with Gasteiger partial charge in [-0.3, -0.25) is 4.55 Å². The van der Waals surface area contributed by atoms with E-state index in [1.165, 1.54) is 0 Å². The van der Waals surface area contributed by atoms with Gasteiger partial charge in [0.05, 0.1) is 0 Å². The summed E-state index contributed by atoms with van der Waals surface area (Å²) in [6.07, 6.45) is 7.38. The van der Waals surface area contributed by atoms with Crippen LogP contribution in [0, 0.1) is 0 Å². The van der Waals surface area contributed by atoms with E-state index in [9.17, 15) is 13.0 Å². The molecule has 0 amide bonds. The third kappa shape index (κ3) is 7.38. The summed E-state index contributed by atoms with van der Waals surface area (Å²) in [6.45, 7) is 0. The molecular formula is C28H24Na2O3S. The Bertz CT molecular complexity index is 1380. The zero-order valence-corrected chi connectivity index (χ0v) is 24.1. The molecule has 0 radical (unpaired) electrons. The van der Waals surface area contributed by atoms with Crippen molar-refractivity contribution in [1.29, 1.82) is 0 Å². The summed E-state index contributed by atoms with van der Waals surface area (Å²) in [6, 6.07) is 32.2. The molecule has 0 unspecified atom stereocenters. The predicted molar refractivity (Wildman–Crippen MR) is 135 cm³/mol. The monoisotopic (exact) mass is 486 g/mol. The Morgan fingerprint density at radius 2 is 1.06 bits per heavy atom. The molecule has 0 aliphatic rings. The summed E-state index contributed by atoms with van der Waals surface area (Å²) in [5.41, 5.74) is 4.21. The van der Waals surface area contributed by atoms with Crippen LogP contribution in [-0.4, -0.2) is 13.0 Å². The molecular weight excluding hydrogens is 462 g/mol. The van der Waals surface area contributed by atoms with E-state index in [0.717, 1.165) is 11.1 Å². The SMILES string of the molecule is O=S(=O)(O)c1c(-c2ccccc2)ccc(C=Cc2ccccc2)c1C=Cc1ccccc1.[H-].[H-].[Na+].[Na+]. The van der Waals surface area contributed by atoms with Gasteiger partial charge in [-0.15, -0.1) is 0 Å². The molecule has 4 aromatic rings. The van der Waals surface area contributed by atoms with E-state index in [1.54, 1.807) is 12.1 Å². The minimum atomic E-state index is -4.51. The molecule has 4 rings (SSSR count). The molecule has 3 nitrogen and oxygen atoms in total. The Morgan fingerprint density at radius 3 is 1.56 bits per heavy atom. The van der Waals surface area contributed by atoms with Crippen molar-refractivity contribution in [2.75, 3.05) is 0 Å². The van der Waals surface area contributed by atoms with Crippen molar-refractivity contribution in [1.82, 2.24) is 0 Å². The molecule has 0 aromatic heterocycles. The number of rotatable bonds is 6. The molecule has 34 heavy (non-hydrogen) atoms. The second-order valence-corrected chi connectivity index (χ2v) is 8.63. The van der Waals surface area contributed by atoms with Crippen LogP contribution in [0.1, 0.15) is 25.1 Å². The molecule has 0 fully saturated rings. The molecule has 1 N–H and O–H groups in total. The first-order chi connectivity index (χ1) is 15.5. The third-order valence-corrected chi connectivity index (χ3v) is 6.03. The molecule has 0 aliphatic heterocycles. The standard InChI is InChI=1S/C28H22O3S.2Na.2H/c29-32(30,31)28-26(20-17-23-12-6-2-7-13-23)25(18-16-22-10-4-1-5-11-22)19-21-27(28)24-14-8-3-9-15-24;;;;/h1-21H,(H,29,30,31);;;;/q;2*+1;2*-1. The van der Waals surface area contributed by atoms with Gasteiger partial charge in [0.25, 0.3) is 10.1 Å². The Morgan fingerprint density at radius 1 is 0.588 bits per heavy atom. The van der Waals surface area contributed by atoms with Crippen LogP contribution < -0.4 is 59.1 Å². The third-order valence-electron chi connectivity index (χ3n) is 5.07. The minimum Gasteiger partial charge on any atom is -1.00 e. The average molecular weight is 487 g/mol. The maximum absolute atomic E-state index is 12.6. The largest absolute Gasteiger partial charge is 1.00 e.